The number of hydrogen-bond donors (Lipinski definition) is 1. The maximum atomic E-state index is 5.68. The van der Waals surface area contributed by atoms with Gasteiger partial charge in [0, 0.05) is 11.8 Å². The van der Waals surface area contributed by atoms with Crippen molar-refractivity contribution in [3.05, 3.63) is 53.6 Å². The Bertz CT molecular complexity index is 525. The van der Waals surface area contributed by atoms with Crippen molar-refractivity contribution in [1.29, 1.82) is 0 Å². The zero-order chi connectivity index (χ0) is 13.7. The summed E-state index contributed by atoms with van der Waals surface area (Å²) in [5.74, 6) is 0.881. The smallest absolute Gasteiger partial charge is 0.124 e. The zero-order valence-corrected chi connectivity index (χ0v) is 11.6. The standard InChI is InChI=1S/C15H19N3O/c1-4-19-14-8-6-5-7-12(14)15(16-3)13-10-17-11(2)9-18-13/h5-10,15-16H,4H2,1-3H3. The van der Waals surface area contributed by atoms with Crippen molar-refractivity contribution in [2.75, 3.05) is 13.7 Å². The van der Waals surface area contributed by atoms with Gasteiger partial charge in [0.2, 0.25) is 0 Å². The topological polar surface area (TPSA) is 47.0 Å². The van der Waals surface area contributed by atoms with Crippen molar-refractivity contribution in [1.82, 2.24) is 15.3 Å². The summed E-state index contributed by atoms with van der Waals surface area (Å²) in [7, 11) is 1.91. The molecule has 1 heterocycles. The molecule has 19 heavy (non-hydrogen) atoms. The van der Waals surface area contributed by atoms with E-state index >= 15 is 0 Å². The van der Waals surface area contributed by atoms with Crippen molar-refractivity contribution >= 4 is 0 Å². The van der Waals surface area contributed by atoms with Crippen LogP contribution in [0.15, 0.2) is 36.7 Å². The fraction of sp³-hybridized carbons (Fsp3) is 0.333. The Kier molecular flexibility index (Phi) is 4.47. The van der Waals surface area contributed by atoms with Gasteiger partial charge in [-0.15, -0.1) is 0 Å². The van der Waals surface area contributed by atoms with Crippen LogP contribution in [0.1, 0.15) is 29.9 Å². The van der Waals surface area contributed by atoms with Crippen LogP contribution >= 0.6 is 0 Å². The molecule has 2 aromatic rings. The second kappa shape index (κ2) is 6.29. The minimum Gasteiger partial charge on any atom is -0.494 e. The highest BCUT2D eigenvalue weighted by molar-refractivity contribution is 5.39. The number of hydrogen-bond acceptors (Lipinski definition) is 4. The van der Waals surface area contributed by atoms with Crippen molar-refractivity contribution in [3.8, 4) is 5.75 Å². The van der Waals surface area contributed by atoms with Crippen molar-refractivity contribution in [2.45, 2.75) is 19.9 Å². The molecular formula is C15H19N3O. The van der Waals surface area contributed by atoms with Crippen LogP contribution < -0.4 is 10.1 Å². The van der Waals surface area contributed by atoms with Crippen molar-refractivity contribution < 1.29 is 4.74 Å². The lowest BCUT2D eigenvalue weighted by Gasteiger charge is -2.19. The average Bonchev–Trinajstić information content (AvgIpc) is 2.44. The van der Waals surface area contributed by atoms with Crippen LogP contribution in [0.4, 0.5) is 0 Å². The Morgan fingerprint density at radius 3 is 2.63 bits per heavy atom. The third-order valence-corrected chi connectivity index (χ3v) is 2.92. The quantitative estimate of drug-likeness (QED) is 0.894. The molecule has 0 amide bonds. The van der Waals surface area contributed by atoms with E-state index in [0.29, 0.717) is 6.61 Å². The first kappa shape index (κ1) is 13.5. The average molecular weight is 257 g/mol. The van der Waals surface area contributed by atoms with Gasteiger partial charge in [0.15, 0.2) is 0 Å². The number of benzene rings is 1. The zero-order valence-electron chi connectivity index (χ0n) is 11.6. The molecule has 0 aliphatic carbocycles. The Hall–Kier alpha value is -1.94. The summed E-state index contributed by atoms with van der Waals surface area (Å²) in [5.41, 5.74) is 2.88. The first-order chi connectivity index (χ1) is 9.26. The van der Waals surface area contributed by atoms with Crippen LogP contribution in [0, 0.1) is 6.92 Å². The van der Waals surface area contributed by atoms with E-state index < -0.39 is 0 Å². The van der Waals surface area contributed by atoms with Gasteiger partial charge in [-0.25, -0.2) is 0 Å². The predicted octanol–water partition coefficient (Wildman–Crippen LogP) is 2.49. The van der Waals surface area contributed by atoms with Crippen LogP contribution in [0.3, 0.4) is 0 Å². The van der Waals surface area contributed by atoms with Crippen LogP contribution in [-0.2, 0) is 0 Å². The van der Waals surface area contributed by atoms with Gasteiger partial charge >= 0.3 is 0 Å². The highest BCUT2D eigenvalue weighted by atomic mass is 16.5. The molecule has 1 unspecified atom stereocenters. The number of rotatable bonds is 5. The van der Waals surface area contributed by atoms with Crippen LogP contribution in [0.25, 0.3) is 0 Å². The summed E-state index contributed by atoms with van der Waals surface area (Å²) in [6.07, 6.45) is 3.59. The normalized spacial score (nSPS) is 12.2. The molecule has 0 spiro atoms. The monoisotopic (exact) mass is 257 g/mol. The maximum absolute atomic E-state index is 5.68. The van der Waals surface area contributed by atoms with Gasteiger partial charge in [-0.05, 0) is 27.0 Å². The first-order valence-corrected chi connectivity index (χ1v) is 6.43. The summed E-state index contributed by atoms with van der Waals surface area (Å²) in [4.78, 5) is 8.75. The maximum Gasteiger partial charge on any atom is 0.124 e. The van der Waals surface area contributed by atoms with E-state index in [0.717, 1.165) is 22.7 Å². The van der Waals surface area contributed by atoms with E-state index in [9.17, 15) is 0 Å². The summed E-state index contributed by atoms with van der Waals surface area (Å²) >= 11 is 0. The lowest BCUT2D eigenvalue weighted by Crippen LogP contribution is -2.20. The minimum atomic E-state index is -0.0177. The molecule has 0 radical (unpaired) electrons. The molecule has 1 aromatic carbocycles. The molecule has 0 saturated carbocycles. The number of nitrogens with zero attached hydrogens (tertiary/aromatic N) is 2. The summed E-state index contributed by atoms with van der Waals surface area (Å²) < 4.78 is 5.68. The Labute approximate surface area is 113 Å². The lowest BCUT2D eigenvalue weighted by atomic mass is 10.0. The highest BCUT2D eigenvalue weighted by Gasteiger charge is 2.17. The molecule has 100 valence electrons. The molecule has 4 heteroatoms. The molecule has 1 aromatic heterocycles. The van der Waals surface area contributed by atoms with Gasteiger partial charge in [-0.2, -0.15) is 0 Å². The Morgan fingerprint density at radius 1 is 1.21 bits per heavy atom. The molecule has 0 aliphatic heterocycles. The Balaban J connectivity index is 2.39. The molecule has 1 atom stereocenters. The fourth-order valence-corrected chi connectivity index (χ4v) is 2.02. The van der Waals surface area contributed by atoms with Gasteiger partial charge in [-0.3, -0.25) is 9.97 Å². The molecule has 0 bridgehead atoms. The van der Waals surface area contributed by atoms with Gasteiger partial charge in [0.25, 0.3) is 0 Å². The molecular weight excluding hydrogens is 238 g/mol. The first-order valence-electron chi connectivity index (χ1n) is 6.43. The second-order valence-electron chi connectivity index (χ2n) is 4.28. The number of aromatic nitrogens is 2. The number of aryl methyl sites for hydroxylation is 1. The van der Waals surface area contributed by atoms with E-state index in [1.165, 1.54) is 0 Å². The number of nitrogens with one attached hydrogen (secondary N) is 1. The van der Waals surface area contributed by atoms with Gasteiger partial charge < -0.3 is 10.1 Å². The van der Waals surface area contributed by atoms with Crippen LogP contribution in [-0.4, -0.2) is 23.6 Å². The van der Waals surface area contributed by atoms with Gasteiger partial charge in [0.05, 0.1) is 30.2 Å². The molecule has 0 saturated heterocycles. The minimum absolute atomic E-state index is 0.0177. The summed E-state index contributed by atoms with van der Waals surface area (Å²) in [6, 6.07) is 7.99. The molecule has 2 rings (SSSR count). The third-order valence-electron chi connectivity index (χ3n) is 2.92. The Morgan fingerprint density at radius 2 is 2.00 bits per heavy atom. The van der Waals surface area contributed by atoms with E-state index in [4.69, 9.17) is 4.74 Å². The van der Waals surface area contributed by atoms with Crippen LogP contribution in [0.2, 0.25) is 0 Å². The fourth-order valence-electron chi connectivity index (χ4n) is 2.02. The largest absolute Gasteiger partial charge is 0.494 e. The SMILES string of the molecule is CCOc1ccccc1C(NC)c1cnc(C)cn1. The van der Waals surface area contributed by atoms with Gasteiger partial charge in [0.1, 0.15) is 5.75 Å². The summed E-state index contributed by atoms with van der Waals surface area (Å²) in [5, 5.41) is 3.27. The molecule has 0 fully saturated rings. The molecule has 0 aliphatic rings. The second-order valence-corrected chi connectivity index (χ2v) is 4.28. The predicted molar refractivity (Wildman–Crippen MR) is 75.3 cm³/mol. The third kappa shape index (κ3) is 3.09. The van der Waals surface area contributed by atoms with Crippen molar-refractivity contribution in [2.24, 2.45) is 0 Å². The van der Waals surface area contributed by atoms with E-state index in [1.807, 2.05) is 45.2 Å². The summed E-state index contributed by atoms with van der Waals surface area (Å²) in [6.45, 7) is 4.56. The van der Waals surface area contributed by atoms with Crippen LogP contribution in [0.5, 0.6) is 5.75 Å². The lowest BCUT2D eigenvalue weighted by molar-refractivity contribution is 0.334. The number of para-hydroxylation sites is 1. The van der Waals surface area contributed by atoms with E-state index in [2.05, 4.69) is 15.3 Å². The molecule has 1 N–H and O–H groups in total. The highest BCUT2D eigenvalue weighted by Crippen LogP contribution is 2.28. The van der Waals surface area contributed by atoms with Gasteiger partial charge in [-0.1, -0.05) is 18.2 Å². The van der Waals surface area contributed by atoms with E-state index in [1.54, 1.807) is 12.4 Å². The molecule has 4 nitrogen and oxygen atoms in total. The van der Waals surface area contributed by atoms with E-state index in [-0.39, 0.29) is 6.04 Å². The number of ether oxygens (including phenoxy) is 1. The van der Waals surface area contributed by atoms with Crippen molar-refractivity contribution in [3.63, 3.8) is 0 Å².